The molecule has 0 spiro atoms. The minimum atomic E-state index is -0.810. The first kappa shape index (κ1) is 17.6. The molecule has 2 atom stereocenters. The highest BCUT2D eigenvalue weighted by molar-refractivity contribution is 5.70. The van der Waals surface area contributed by atoms with Crippen LogP contribution in [0.5, 0.6) is 11.5 Å². The number of hydrogen-bond acceptors (Lipinski definition) is 4. The fraction of sp³-hybridized carbons (Fsp3) is 0.600. The Morgan fingerprint density at radius 1 is 1.24 bits per heavy atom. The van der Waals surface area contributed by atoms with Crippen LogP contribution in [0.25, 0.3) is 0 Å². The second-order valence-electron chi connectivity index (χ2n) is 7.22. The largest absolute Gasteiger partial charge is 0.493 e. The van der Waals surface area contributed by atoms with Crippen molar-refractivity contribution in [3.05, 3.63) is 23.8 Å². The number of rotatable bonds is 5. The van der Waals surface area contributed by atoms with Gasteiger partial charge in [0.1, 0.15) is 0 Å². The van der Waals surface area contributed by atoms with Crippen LogP contribution in [-0.4, -0.2) is 24.3 Å². The fourth-order valence-corrected chi connectivity index (χ4v) is 4.17. The average Bonchev–Trinajstić information content (AvgIpc) is 3.14. The lowest BCUT2D eigenvalue weighted by Crippen LogP contribution is -2.34. The number of carboxylic acids is 1. The zero-order chi connectivity index (χ0) is 17.9. The number of nitriles is 1. The molecule has 1 aromatic rings. The van der Waals surface area contributed by atoms with E-state index >= 15 is 0 Å². The molecule has 2 fully saturated rings. The Balaban J connectivity index is 1.91. The predicted octanol–water partition coefficient (Wildman–Crippen LogP) is 4.05. The van der Waals surface area contributed by atoms with E-state index in [2.05, 4.69) is 6.07 Å². The van der Waals surface area contributed by atoms with E-state index in [4.69, 9.17) is 9.47 Å². The van der Waals surface area contributed by atoms with Gasteiger partial charge in [0, 0.05) is 0 Å². The number of aliphatic carboxylic acids is 1. The Morgan fingerprint density at radius 2 is 2.00 bits per heavy atom. The molecule has 5 heteroatoms. The van der Waals surface area contributed by atoms with Crippen molar-refractivity contribution in [2.24, 2.45) is 5.92 Å². The highest BCUT2D eigenvalue weighted by Crippen LogP contribution is 2.44. The molecule has 2 unspecified atom stereocenters. The molecule has 0 aliphatic heterocycles. The van der Waals surface area contributed by atoms with Gasteiger partial charge in [0.2, 0.25) is 0 Å². The van der Waals surface area contributed by atoms with Crippen LogP contribution in [0.3, 0.4) is 0 Å². The Morgan fingerprint density at radius 3 is 2.64 bits per heavy atom. The number of carbonyl (C=O) groups is 1. The third-order valence-electron chi connectivity index (χ3n) is 5.63. The molecule has 0 saturated heterocycles. The van der Waals surface area contributed by atoms with Gasteiger partial charge in [0.25, 0.3) is 0 Å². The van der Waals surface area contributed by atoms with E-state index in [1.165, 1.54) is 12.8 Å². The maximum absolute atomic E-state index is 11.4. The van der Waals surface area contributed by atoms with E-state index < -0.39 is 17.3 Å². The summed E-state index contributed by atoms with van der Waals surface area (Å²) in [5, 5.41) is 19.3. The molecule has 2 saturated carbocycles. The summed E-state index contributed by atoms with van der Waals surface area (Å²) in [4.78, 5) is 11.4. The lowest BCUT2D eigenvalue weighted by Gasteiger charge is -2.34. The first-order valence-electron chi connectivity index (χ1n) is 9.07. The van der Waals surface area contributed by atoms with Crippen molar-refractivity contribution in [1.29, 1.82) is 5.26 Å². The number of benzene rings is 1. The molecule has 0 amide bonds. The predicted molar refractivity (Wildman–Crippen MR) is 92.8 cm³/mol. The Bertz CT molecular complexity index is 675. The molecule has 0 heterocycles. The van der Waals surface area contributed by atoms with Crippen molar-refractivity contribution < 1.29 is 19.4 Å². The third kappa shape index (κ3) is 3.58. The van der Waals surface area contributed by atoms with Gasteiger partial charge in [-0.2, -0.15) is 5.26 Å². The van der Waals surface area contributed by atoms with Crippen molar-refractivity contribution in [2.75, 3.05) is 7.11 Å². The summed E-state index contributed by atoms with van der Waals surface area (Å²) >= 11 is 0. The molecule has 1 N–H and O–H groups in total. The summed E-state index contributed by atoms with van der Waals surface area (Å²) in [6, 6.07) is 8.03. The molecule has 134 valence electrons. The van der Waals surface area contributed by atoms with Gasteiger partial charge in [-0.3, -0.25) is 4.79 Å². The molecule has 0 bridgehead atoms. The van der Waals surface area contributed by atoms with E-state index in [9.17, 15) is 15.2 Å². The van der Waals surface area contributed by atoms with Gasteiger partial charge < -0.3 is 14.6 Å². The number of methoxy groups -OCH3 is 1. The van der Waals surface area contributed by atoms with Gasteiger partial charge in [-0.15, -0.1) is 0 Å². The van der Waals surface area contributed by atoms with Crippen LogP contribution >= 0.6 is 0 Å². The standard InChI is InChI=1S/C20H25NO4/c1-24-17-9-8-15(11-18(17)25-16-6-2-3-7-16)20(13-21)10-4-5-14(12-20)19(22)23/h8-9,11,14,16H,2-7,10,12H2,1H3,(H,22,23). The zero-order valence-electron chi connectivity index (χ0n) is 14.7. The number of nitrogens with zero attached hydrogens (tertiary/aromatic N) is 1. The summed E-state index contributed by atoms with van der Waals surface area (Å²) in [6.07, 6.45) is 7.05. The zero-order valence-corrected chi connectivity index (χ0v) is 14.7. The van der Waals surface area contributed by atoms with Crippen molar-refractivity contribution in [2.45, 2.75) is 62.9 Å². The van der Waals surface area contributed by atoms with Crippen LogP contribution in [0.2, 0.25) is 0 Å². The summed E-state index contributed by atoms with van der Waals surface area (Å²) in [7, 11) is 1.61. The molecule has 5 nitrogen and oxygen atoms in total. The number of carboxylic acid groups (broad SMARTS) is 1. The van der Waals surface area contributed by atoms with Gasteiger partial charge in [-0.25, -0.2) is 0 Å². The molecular weight excluding hydrogens is 318 g/mol. The SMILES string of the molecule is COc1ccc(C2(C#N)CCCC(C(=O)O)C2)cc1OC1CCCC1. The monoisotopic (exact) mass is 343 g/mol. The van der Waals surface area contributed by atoms with Crippen LogP contribution in [0, 0.1) is 17.2 Å². The maximum Gasteiger partial charge on any atom is 0.306 e. The van der Waals surface area contributed by atoms with E-state index in [0.717, 1.165) is 24.8 Å². The molecular formula is C20H25NO4. The third-order valence-corrected chi connectivity index (χ3v) is 5.63. The second-order valence-corrected chi connectivity index (χ2v) is 7.22. The van der Waals surface area contributed by atoms with Crippen molar-refractivity contribution in [3.8, 4) is 17.6 Å². The van der Waals surface area contributed by atoms with E-state index in [-0.39, 0.29) is 6.10 Å². The summed E-state index contributed by atoms with van der Waals surface area (Å²) in [5.41, 5.74) is 0.0798. The second kappa shape index (κ2) is 7.35. The van der Waals surface area contributed by atoms with Crippen LogP contribution in [0.1, 0.15) is 56.9 Å². The summed E-state index contributed by atoms with van der Waals surface area (Å²) < 4.78 is 11.6. The average molecular weight is 343 g/mol. The molecule has 25 heavy (non-hydrogen) atoms. The first-order chi connectivity index (χ1) is 12.1. The fourth-order valence-electron chi connectivity index (χ4n) is 4.17. The van der Waals surface area contributed by atoms with Gasteiger partial charge in [0.05, 0.1) is 30.6 Å². The number of hydrogen-bond donors (Lipinski definition) is 1. The normalized spacial score (nSPS) is 26.8. The number of ether oxygens (including phenoxy) is 2. The van der Waals surface area contributed by atoms with Crippen molar-refractivity contribution >= 4 is 5.97 Å². The van der Waals surface area contributed by atoms with Crippen LogP contribution in [0.4, 0.5) is 0 Å². The minimum Gasteiger partial charge on any atom is -0.493 e. The van der Waals surface area contributed by atoms with E-state index in [1.807, 2.05) is 18.2 Å². The molecule has 2 aliphatic rings. The Hall–Kier alpha value is -2.22. The molecule has 0 radical (unpaired) electrons. The smallest absolute Gasteiger partial charge is 0.306 e. The highest BCUT2D eigenvalue weighted by Gasteiger charge is 2.41. The van der Waals surface area contributed by atoms with Crippen LogP contribution in [-0.2, 0) is 10.2 Å². The van der Waals surface area contributed by atoms with Crippen LogP contribution < -0.4 is 9.47 Å². The van der Waals surface area contributed by atoms with Crippen molar-refractivity contribution in [1.82, 2.24) is 0 Å². The van der Waals surface area contributed by atoms with Crippen molar-refractivity contribution in [3.63, 3.8) is 0 Å². The summed E-state index contributed by atoms with van der Waals surface area (Å²) in [5.74, 6) is 0.0540. The van der Waals surface area contributed by atoms with Gasteiger partial charge in [0.15, 0.2) is 11.5 Å². The minimum absolute atomic E-state index is 0.195. The van der Waals surface area contributed by atoms with Crippen LogP contribution in [0.15, 0.2) is 18.2 Å². The quantitative estimate of drug-likeness (QED) is 0.872. The molecule has 3 rings (SSSR count). The van der Waals surface area contributed by atoms with Gasteiger partial charge in [-0.05, 0) is 62.6 Å². The lowest BCUT2D eigenvalue weighted by atomic mass is 9.66. The molecule has 0 aromatic heterocycles. The molecule has 1 aromatic carbocycles. The Kier molecular flexibility index (Phi) is 5.17. The van der Waals surface area contributed by atoms with Gasteiger partial charge >= 0.3 is 5.97 Å². The lowest BCUT2D eigenvalue weighted by molar-refractivity contribution is -0.143. The maximum atomic E-state index is 11.4. The van der Waals surface area contributed by atoms with Gasteiger partial charge in [-0.1, -0.05) is 12.5 Å². The van der Waals surface area contributed by atoms with E-state index in [0.29, 0.717) is 30.8 Å². The highest BCUT2D eigenvalue weighted by atomic mass is 16.5. The first-order valence-corrected chi connectivity index (χ1v) is 9.07. The Labute approximate surface area is 148 Å². The topological polar surface area (TPSA) is 79.5 Å². The van der Waals surface area contributed by atoms with E-state index in [1.54, 1.807) is 7.11 Å². The summed E-state index contributed by atoms with van der Waals surface area (Å²) in [6.45, 7) is 0. The molecule has 2 aliphatic carbocycles.